The Balaban J connectivity index is 1.95. The van der Waals surface area contributed by atoms with Crippen molar-refractivity contribution < 1.29 is 24.0 Å². The maximum atomic E-state index is 11.7. The zero-order chi connectivity index (χ0) is 19.2. The normalized spacial score (nSPS) is 14.0. The van der Waals surface area contributed by atoms with E-state index in [0.717, 1.165) is 19.3 Å². The lowest BCUT2D eigenvalue weighted by Crippen LogP contribution is -2.33. The number of carbonyl (C=O) groups excluding carboxylic acids is 4. The number of unbranched alkanes of at least 4 members (excludes halogenated alkanes) is 8. The SMILES string of the molecule is CCCCCCCCCCCC(=O)NCCC(=O)ON1C(=O)CCC1=O. The molecule has 0 spiro atoms. The van der Waals surface area contributed by atoms with Crippen molar-refractivity contribution in [2.75, 3.05) is 6.54 Å². The van der Waals surface area contributed by atoms with E-state index in [9.17, 15) is 19.2 Å². The van der Waals surface area contributed by atoms with Gasteiger partial charge in [0.1, 0.15) is 0 Å². The topological polar surface area (TPSA) is 92.8 Å². The molecule has 1 N–H and O–H groups in total. The van der Waals surface area contributed by atoms with E-state index in [1.807, 2.05) is 0 Å². The molecule has 0 atom stereocenters. The zero-order valence-electron chi connectivity index (χ0n) is 15.9. The van der Waals surface area contributed by atoms with Gasteiger partial charge < -0.3 is 10.2 Å². The summed E-state index contributed by atoms with van der Waals surface area (Å²) in [6.45, 7) is 2.36. The van der Waals surface area contributed by atoms with Crippen LogP contribution >= 0.6 is 0 Å². The highest BCUT2D eigenvalue weighted by molar-refractivity contribution is 6.01. The van der Waals surface area contributed by atoms with E-state index >= 15 is 0 Å². The van der Waals surface area contributed by atoms with Gasteiger partial charge in [0.05, 0.1) is 6.42 Å². The quantitative estimate of drug-likeness (QED) is 0.376. The molecule has 1 saturated heterocycles. The number of nitrogens with one attached hydrogen (secondary N) is 1. The Morgan fingerprint density at radius 3 is 2.00 bits per heavy atom. The van der Waals surface area contributed by atoms with Gasteiger partial charge in [-0.3, -0.25) is 14.4 Å². The van der Waals surface area contributed by atoms with Crippen LogP contribution in [0.5, 0.6) is 0 Å². The first-order valence-corrected chi connectivity index (χ1v) is 9.88. The van der Waals surface area contributed by atoms with Crippen molar-refractivity contribution in [1.29, 1.82) is 0 Å². The van der Waals surface area contributed by atoms with E-state index in [0.29, 0.717) is 11.5 Å². The van der Waals surface area contributed by atoms with Crippen molar-refractivity contribution in [3.05, 3.63) is 0 Å². The lowest BCUT2D eigenvalue weighted by atomic mass is 10.1. The first kappa shape index (κ1) is 22.1. The summed E-state index contributed by atoms with van der Waals surface area (Å²) in [6, 6.07) is 0. The summed E-state index contributed by atoms with van der Waals surface area (Å²) in [7, 11) is 0. The summed E-state index contributed by atoms with van der Waals surface area (Å²) in [5.74, 6) is -1.79. The average molecular weight is 368 g/mol. The van der Waals surface area contributed by atoms with Crippen molar-refractivity contribution >= 4 is 23.7 Å². The van der Waals surface area contributed by atoms with Crippen LogP contribution in [0.15, 0.2) is 0 Å². The summed E-state index contributed by atoms with van der Waals surface area (Å²) >= 11 is 0. The van der Waals surface area contributed by atoms with Crippen LogP contribution in [0.25, 0.3) is 0 Å². The molecule has 3 amide bonds. The Morgan fingerprint density at radius 2 is 1.42 bits per heavy atom. The number of rotatable bonds is 14. The number of imide groups is 1. The van der Waals surface area contributed by atoms with E-state index in [-0.39, 0.29) is 31.7 Å². The Morgan fingerprint density at radius 1 is 0.885 bits per heavy atom. The van der Waals surface area contributed by atoms with Crippen LogP contribution in [0.3, 0.4) is 0 Å². The lowest BCUT2D eigenvalue weighted by molar-refractivity contribution is -0.197. The van der Waals surface area contributed by atoms with Crippen molar-refractivity contribution in [2.24, 2.45) is 0 Å². The lowest BCUT2D eigenvalue weighted by Gasteiger charge is -2.12. The van der Waals surface area contributed by atoms with Crippen LogP contribution in [-0.4, -0.2) is 35.3 Å². The van der Waals surface area contributed by atoms with Gasteiger partial charge in [0.2, 0.25) is 5.91 Å². The van der Waals surface area contributed by atoms with Gasteiger partial charge in [0.25, 0.3) is 11.8 Å². The van der Waals surface area contributed by atoms with Crippen LogP contribution in [0.1, 0.15) is 90.4 Å². The molecule has 0 unspecified atom stereocenters. The van der Waals surface area contributed by atoms with E-state index < -0.39 is 17.8 Å². The monoisotopic (exact) mass is 368 g/mol. The zero-order valence-corrected chi connectivity index (χ0v) is 15.9. The number of carbonyl (C=O) groups is 4. The van der Waals surface area contributed by atoms with Gasteiger partial charge in [-0.25, -0.2) is 4.79 Å². The minimum absolute atomic E-state index is 0.0689. The summed E-state index contributed by atoms with van der Waals surface area (Å²) < 4.78 is 0. The van der Waals surface area contributed by atoms with Crippen molar-refractivity contribution in [3.63, 3.8) is 0 Å². The molecule has 0 aromatic heterocycles. The van der Waals surface area contributed by atoms with E-state index in [1.54, 1.807) is 0 Å². The van der Waals surface area contributed by atoms with Gasteiger partial charge in [-0.1, -0.05) is 58.3 Å². The maximum absolute atomic E-state index is 11.7. The number of amides is 3. The minimum Gasteiger partial charge on any atom is -0.356 e. The minimum atomic E-state index is -0.697. The molecule has 0 aromatic carbocycles. The second-order valence-electron chi connectivity index (χ2n) is 6.72. The van der Waals surface area contributed by atoms with Gasteiger partial charge in [-0.15, -0.1) is 5.06 Å². The number of hydrogen-bond donors (Lipinski definition) is 1. The number of hydroxylamine groups is 2. The van der Waals surface area contributed by atoms with Gasteiger partial charge in [-0.2, -0.15) is 0 Å². The molecule has 0 aromatic rings. The summed E-state index contributed by atoms with van der Waals surface area (Å²) in [5.41, 5.74) is 0. The predicted molar refractivity (Wildman–Crippen MR) is 96.6 cm³/mol. The molecule has 1 rings (SSSR count). The van der Waals surface area contributed by atoms with Crippen molar-refractivity contribution in [3.8, 4) is 0 Å². The van der Waals surface area contributed by atoms with Gasteiger partial charge in [-0.05, 0) is 6.42 Å². The molecule has 0 saturated carbocycles. The molecular formula is C19H32N2O5. The molecular weight excluding hydrogens is 336 g/mol. The highest BCUT2D eigenvalue weighted by Crippen LogP contribution is 2.12. The molecule has 26 heavy (non-hydrogen) atoms. The van der Waals surface area contributed by atoms with Crippen LogP contribution in [0.4, 0.5) is 0 Å². The van der Waals surface area contributed by atoms with E-state index in [1.165, 1.54) is 38.5 Å². The van der Waals surface area contributed by atoms with Crippen LogP contribution in [0.2, 0.25) is 0 Å². The van der Waals surface area contributed by atoms with Gasteiger partial charge in [0, 0.05) is 25.8 Å². The molecule has 7 heteroatoms. The fourth-order valence-electron chi connectivity index (χ4n) is 2.79. The summed E-state index contributed by atoms with van der Waals surface area (Å²) in [4.78, 5) is 50.6. The van der Waals surface area contributed by atoms with Crippen LogP contribution in [-0.2, 0) is 24.0 Å². The standard InChI is InChI=1S/C19H32N2O5/c1-2-3-4-5-6-7-8-9-10-11-16(22)20-15-14-19(25)26-21-17(23)12-13-18(21)24/h2-15H2,1H3,(H,20,22). The third kappa shape index (κ3) is 9.53. The average Bonchev–Trinajstić information content (AvgIpc) is 2.92. The smallest absolute Gasteiger partial charge is 0.334 e. The number of nitrogens with zero attached hydrogens (tertiary/aromatic N) is 1. The Labute approximate surface area is 155 Å². The third-order valence-corrected chi connectivity index (χ3v) is 4.36. The van der Waals surface area contributed by atoms with E-state index in [2.05, 4.69) is 12.2 Å². The molecule has 0 bridgehead atoms. The predicted octanol–water partition coefficient (Wildman–Crippen LogP) is 3.02. The highest BCUT2D eigenvalue weighted by atomic mass is 16.7. The van der Waals surface area contributed by atoms with E-state index in [4.69, 9.17) is 4.84 Å². The Kier molecular flexibility index (Phi) is 11.3. The second-order valence-corrected chi connectivity index (χ2v) is 6.72. The molecule has 7 nitrogen and oxygen atoms in total. The maximum Gasteiger partial charge on any atom is 0.334 e. The second kappa shape index (κ2) is 13.3. The number of hydrogen-bond acceptors (Lipinski definition) is 5. The molecule has 0 radical (unpaired) electrons. The molecule has 1 aliphatic rings. The Hall–Kier alpha value is -1.92. The van der Waals surface area contributed by atoms with Crippen LogP contribution in [0, 0.1) is 0 Å². The third-order valence-electron chi connectivity index (χ3n) is 4.36. The van der Waals surface area contributed by atoms with Gasteiger partial charge >= 0.3 is 5.97 Å². The first-order valence-electron chi connectivity index (χ1n) is 9.88. The fraction of sp³-hybridized carbons (Fsp3) is 0.789. The molecule has 1 aliphatic heterocycles. The van der Waals surface area contributed by atoms with Gasteiger partial charge in [0.15, 0.2) is 0 Å². The fourth-order valence-corrected chi connectivity index (χ4v) is 2.79. The Bertz CT molecular complexity index is 463. The molecule has 1 fully saturated rings. The summed E-state index contributed by atoms with van der Waals surface area (Å²) in [5, 5.41) is 3.18. The van der Waals surface area contributed by atoms with Crippen LogP contribution < -0.4 is 5.32 Å². The van der Waals surface area contributed by atoms with Crippen molar-refractivity contribution in [2.45, 2.75) is 90.4 Å². The molecule has 0 aliphatic carbocycles. The molecule has 1 heterocycles. The largest absolute Gasteiger partial charge is 0.356 e. The van der Waals surface area contributed by atoms with Crippen molar-refractivity contribution in [1.82, 2.24) is 10.4 Å². The highest BCUT2D eigenvalue weighted by Gasteiger charge is 2.32. The summed E-state index contributed by atoms with van der Waals surface area (Å²) in [6.07, 6.45) is 11.3. The molecule has 148 valence electrons. The first-order chi connectivity index (χ1) is 12.5.